The van der Waals surface area contributed by atoms with Crippen LogP contribution in [-0.2, 0) is 6.54 Å². The van der Waals surface area contributed by atoms with Gasteiger partial charge in [0, 0.05) is 18.7 Å². The molecule has 1 aromatic carbocycles. The molecule has 1 aromatic rings. The molecule has 1 N–H and O–H groups in total. The van der Waals surface area contributed by atoms with Crippen molar-refractivity contribution in [2.24, 2.45) is 0 Å². The zero-order valence-corrected chi connectivity index (χ0v) is 9.35. The van der Waals surface area contributed by atoms with E-state index in [4.69, 9.17) is 0 Å². The molecule has 16 heavy (non-hydrogen) atoms. The van der Waals surface area contributed by atoms with Gasteiger partial charge in [-0.1, -0.05) is 24.3 Å². The van der Waals surface area contributed by atoms with Crippen molar-refractivity contribution in [3.63, 3.8) is 0 Å². The van der Waals surface area contributed by atoms with Crippen LogP contribution < -0.4 is 5.32 Å². The molecule has 4 nitrogen and oxygen atoms in total. The summed E-state index contributed by atoms with van der Waals surface area (Å²) in [5, 5.41) is 13.7. The van der Waals surface area contributed by atoms with E-state index < -0.39 is 0 Å². The molecule has 0 fully saturated rings. The summed E-state index contributed by atoms with van der Waals surface area (Å²) in [6.07, 6.45) is 5.12. The van der Waals surface area contributed by atoms with E-state index in [2.05, 4.69) is 11.4 Å². The van der Waals surface area contributed by atoms with Gasteiger partial charge in [-0.15, -0.1) is 0 Å². The maximum Gasteiger partial charge on any atom is 0.269 e. The maximum absolute atomic E-state index is 10.4. The highest BCUT2D eigenvalue weighted by molar-refractivity contribution is 5.32. The van der Waals surface area contributed by atoms with Crippen molar-refractivity contribution < 1.29 is 4.92 Å². The van der Waals surface area contributed by atoms with Crippen LogP contribution in [0.4, 0.5) is 5.69 Å². The Labute approximate surface area is 95.1 Å². The second kappa shape index (κ2) is 6.74. The normalized spacial score (nSPS) is 10.8. The lowest BCUT2D eigenvalue weighted by molar-refractivity contribution is -0.384. The quantitative estimate of drug-likeness (QED) is 0.347. The molecule has 0 amide bonds. The Morgan fingerprint density at radius 3 is 2.62 bits per heavy atom. The van der Waals surface area contributed by atoms with Gasteiger partial charge in [0.25, 0.3) is 5.69 Å². The molecule has 0 saturated heterocycles. The lowest BCUT2D eigenvalue weighted by atomic mass is 10.2. The van der Waals surface area contributed by atoms with E-state index in [1.165, 1.54) is 12.1 Å². The van der Waals surface area contributed by atoms with Crippen LogP contribution >= 0.6 is 0 Å². The highest BCUT2D eigenvalue weighted by Crippen LogP contribution is 2.11. The van der Waals surface area contributed by atoms with Gasteiger partial charge >= 0.3 is 0 Å². The van der Waals surface area contributed by atoms with Crippen LogP contribution in [0.15, 0.2) is 36.4 Å². The molecule has 4 heteroatoms. The molecular weight excluding hydrogens is 204 g/mol. The summed E-state index contributed by atoms with van der Waals surface area (Å²) < 4.78 is 0. The third kappa shape index (κ3) is 4.23. The number of allylic oxidation sites excluding steroid dienone is 1. The summed E-state index contributed by atoms with van der Waals surface area (Å²) in [6.45, 7) is 3.66. The molecule has 0 radical (unpaired) electrons. The minimum Gasteiger partial charge on any atom is -0.312 e. The number of non-ortho nitro benzene ring substituents is 1. The first-order valence-electron chi connectivity index (χ1n) is 5.29. The third-order valence-electron chi connectivity index (χ3n) is 2.20. The molecule has 0 aromatic heterocycles. The van der Waals surface area contributed by atoms with Crippen molar-refractivity contribution in [1.29, 1.82) is 0 Å². The van der Waals surface area contributed by atoms with Crippen LogP contribution in [0.1, 0.15) is 18.9 Å². The van der Waals surface area contributed by atoms with Crippen LogP contribution in [-0.4, -0.2) is 11.5 Å². The topological polar surface area (TPSA) is 55.2 Å². The Balaban J connectivity index is 2.35. The minimum atomic E-state index is -0.386. The number of nitrogens with zero attached hydrogens (tertiary/aromatic N) is 1. The van der Waals surface area contributed by atoms with E-state index in [0.717, 1.165) is 25.1 Å². The molecule has 0 atom stereocenters. The van der Waals surface area contributed by atoms with Crippen LogP contribution in [0.25, 0.3) is 0 Å². The van der Waals surface area contributed by atoms with Gasteiger partial charge in [0.1, 0.15) is 0 Å². The van der Waals surface area contributed by atoms with E-state index in [0.29, 0.717) is 0 Å². The molecule has 1 rings (SSSR count). The smallest absolute Gasteiger partial charge is 0.269 e. The number of benzene rings is 1. The molecular formula is C12H16N2O2. The van der Waals surface area contributed by atoms with Gasteiger partial charge < -0.3 is 5.32 Å². The van der Waals surface area contributed by atoms with Gasteiger partial charge in [0.05, 0.1) is 4.92 Å². The van der Waals surface area contributed by atoms with Crippen LogP contribution in [0, 0.1) is 10.1 Å². The van der Waals surface area contributed by atoms with Gasteiger partial charge in [0.15, 0.2) is 0 Å². The fourth-order valence-electron chi connectivity index (χ4n) is 1.32. The van der Waals surface area contributed by atoms with Crippen LogP contribution in [0.5, 0.6) is 0 Å². The molecule has 0 unspecified atom stereocenters. The van der Waals surface area contributed by atoms with Gasteiger partial charge in [-0.2, -0.15) is 0 Å². The number of nitrogens with one attached hydrogen (secondary N) is 1. The molecule has 86 valence electrons. The zero-order chi connectivity index (χ0) is 11.8. The first-order chi connectivity index (χ1) is 7.74. The van der Waals surface area contributed by atoms with Gasteiger partial charge in [-0.25, -0.2) is 0 Å². The van der Waals surface area contributed by atoms with Crippen LogP contribution in [0.2, 0.25) is 0 Å². The van der Waals surface area contributed by atoms with E-state index in [1.807, 2.05) is 13.0 Å². The fourth-order valence-corrected chi connectivity index (χ4v) is 1.32. The fraction of sp³-hybridized carbons (Fsp3) is 0.333. The van der Waals surface area contributed by atoms with Crippen LogP contribution in [0.3, 0.4) is 0 Å². The van der Waals surface area contributed by atoms with Crippen molar-refractivity contribution in [2.45, 2.75) is 19.9 Å². The number of nitro groups is 1. The predicted molar refractivity (Wildman–Crippen MR) is 64.2 cm³/mol. The number of nitro benzene ring substituents is 1. The molecule has 0 heterocycles. The summed E-state index contributed by atoms with van der Waals surface area (Å²) in [7, 11) is 0. The summed E-state index contributed by atoms with van der Waals surface area (Å²) in [4.78, 5) is 10.0. The number of hydrogen-bond acceptors (Lipinski definition) is 3. The number of hydrogen-bond donors (Lipinski definition) is 1. The molecule has 0 spiro atoms. The Bertz CT molecular complexity index is 358. The minimum absolute atomic E-state index is 0.137. The first kappa shape index (κ1) is 12.4. The first-order valence-corrected chi connectivity index (χ1v) is 5.29. The third-order valence-corrected chi connectivity index (χ3v) is 2.20. The molecule has 0 saturated carbocycles. The number of rotatable bonds is 6. The standard InChI is InChI=1S/C12H16N2O2/c1-2-3-4-9-13-10-11-5-7-12(8-6-11)14(15)16/h2-3,5-8,13H,4,9-10H2,1H3/b3-2+. The summed E-state index contributed by atoms with van der Waals surface area (Å²) in [5.74, 6) is 0. The molecule has 0 aliphatic heterocycles. The van der Waals surface area contributed by atoms with Gasteiger partial charge in [-0.05, 0) is 25.5 Å². The molecule has 0 aliphatic rings. The highest BCUT2D eigenvalue weighted by atomic mass is 16.6. The summed E-state index contributed by atoms with van der Waals surface area (Å²) in [5.41, 5.74) is 1.20. The predicted octanol–water partition coefficient (Wildman–Crippen LogP) is 2.65. The Morgan fingerprint density at radius 2 is 2.06 bits per heavy atom. The Hall–Kier alpha value is -1.68. The van der Waals surface area contributed by atoms with Crippen molar-refractivity contribution in [2.75, 3.05) is 6.54 Å². The van der Waals surface area contributed by atoms with Crippen molar-refractivity contribution in [3.05, 3.63) is 52.1 Å². The maximum atomic E-state index is 10.4. The summed E-state index contributed by atoms with van der Waals surface area (Å²) >= 11 is 0. The van der Waals surface area contributed by atoms with Crippen molar-refractivity contribution in [1.82, 2.24) is 5.32 Å². The van der Waals surface area contributed by atoms with Crippen molar-refractivity contribution in [3.8, 4) is 0 Å². The van der Waals surface area contributed by atoms with E-state index >= 15 is 0 Å². The molecule has 0 aliphatic carbocycles. The Kier molecular flexibility index (Phi) is 5.22. The highest BCUT2D eigenvalue weighted by Gasteiger charge is 2.02. The van der Waals surface area contributed by atoms with Gasteiger partial charge in [0.2, 0.25) is 0 Å². The van der Waals surface area contributed by atoms with E-state index in [9.17, 15) is 10.1 Å². The lowest BCUT2D eigenvalue weighted by Crippen LogP contribution is -2.13. The average Bonchev–Trinajstić information content (AvgIpc) is 2.29. The van der Waals surface area contributed by atoms with Crippen molar-refractivity contribution >= 4 is 5.69 Å². The zero-order valence-electron chi connectivity index (χ0n) is 9.35. The second-order valence-corrected chi connectivity index (χ2v) is 3.46. The van der Waals surface area contributed by atoms with E-state index in [1.54, 1.807) is 12.1 Å². The molecule has 0 bridgehead atoms. The lowest BCUT2D eigenvalue weighted by Gasteiger charge is -2.02. The second-order valence-electron chi connectivity index (χ2n) is 3.46. The Morgan fingerprint density at radius 1 is 1.38 bits per heavy atom. The van der Waals surface area contributed by atoms with Gasteiger partial charge in [-0.3, -0.25) is 10.1 Å². The average molecular weight is 220 g/mol. The monoisotopic (exact) mass is 220 g/mol. The summed E-state index contributed by atoms with van der Waals surface area (Å²) in [6, 6.07) is 6.62. The SMILES string of the molecule is C/C=C/CCNCc1ccc([N+](=O)[O-])cc1. The van der Waals surface area contributed by atoms with E-state index in [-0.39, 0.29) is 10.6 Å². The largest absolute Gasteiger partial charge is 0.312 e.